The number of rotatable bonds is 6. The van der Waals surface area contributed by atoms with Gasteiger partial charge in [0.25, 0.3) is 0 Å². The number of nitrogens with zero attached hydrogens (tertiary/aromatic N) is 2. The van der Waals surface area contributed by atoms with E-state index in [1.54, 1.807) is 16.0 Å². The highest BCUT2D eigenvalue weighted by molar-refractivity contribution is 7.10. The third-order valence-corrected chi connectivity index (χ3v) is 5.74. The lowest BCUT2D eigenvalue weighted by atomic mass is 10.0. The Morgan fingerprint density at radius 3 is 2.41 bits per heavy atom. The maximum atomic E-state index is 12.8. The van der Waals surface area contributed by atoms with Gasteiger partial charge in [-0.1, -0.05) is 35.9 Å². The van der Waals surface area contributed by atoms with Crippen molar-refractivity contribution < 1.29 is 4.79 Å². The van der Waals surface area contributed by atoms with Crippen LogP contribution in [0, 0.1) is 20.8 Å². The van der Waals surface area contributed by atoms with Crippen molar-refractivity contribution in [1.29, 1.82) is 0 Å². The summed E-state index contributed by atoms with van der Waals surface area (Å²) in [6.07, 6.45) is 0. The van der Waals surface area contributed by atoms with E-state index in [2.05, 4.69) is 58.4 Å². The number of amides is 1. The van der Waals surface area contributed by atoms with Crippen LogP contribution in [-0.2, 0) is 11.8 Å². The second kappa shape index (κ2) is 8.06. The van der Waals surface area contributed by atoms with Gasteiger partial charge in [-0.25, -0.2) is 0 Å². The fourth-order valence-electron chi connectivity index (χ4n) is 3.07. The van der Waals surface area contributed by atoms with Gasteiger partial charge in [-0.15, -0.1) is 11.3 Å². The van der Waals surface area contributed by atoms with Gasteiger partial charge >= 0.3 is 0 Å². The number of aromatic nitrogens is 2. The zero-order valence-electron chi connectivity index (χ0n) is 16.4. The summed E-state index contributed by atoms with van der Waals surface area (Å²) in [5, 5.41) is 12.9. The minimum Gasteiger partial charge on any atom is -0.322 e. The summed E-state index contributed by atoms with van der Waals surface area (Å²) in [5.74, 6) is -0.0668. The van der Waals surface area contributed by atoms with Crippen molar-refractivity contribution in [1.82, 2.24) is 15.1 Å². The average molecular weight is 383 g/mol. The number of carbonyl (C=O) groups excluding carboxylic acids is 1. The van der Waals surface area contributed by atoms with Gasteiger partial charge in [0.05, 0.1) is 29.2 Å². The van der Waals surface area contributed by atoms with Crippen LogP contribution in [0.1, 0.15) is 40.4 Å². The Balaban J connectivity index is 1.79. The molecular formula is C21H26N4OS. The number of hydrogen-bond acceptors (Lipinski definition) is 4. The Labute approximate surface area is 164 Å². The quantitative estimate of drug-likeness (QED) is 0.674. The van der Waals surface area contributed by atoms with E-state index in [1.807, 2.05) is 33.9 Å². The Kier molecular flexibility index (Phi) is 5.77. The highest BCUT2D eigenvalue weighted by Crippen LogP contribution is 2.27. The van der Waals surface area contributed by atoms with E-state index in [4.69, 9.17) is 0 Å². The predicted molar refractivity (Wildman–Crippen MR) is 111 cm³/mol. The molecule has 0 fully saturated rings. The minimum absolute atomic E-state index is 0.0255. The van der Waals surface area contributed by atoms with Gasteiger partial charge < -0.3 is 5.32 Å². The topological polar surface area (TPSA) is 59.0 Å². The molecule has 0 radical (unpaired) electrons. The summed E-state index contributed by atoms with van der Waals surface area (Å²) in [7, 11) is 1.88. The molecule has 0 bridgehead atoms. The normalized spacial score (nSPS) is 13.4. The number of anilines is 1. The van der Waals surface area contributed by atoms with Crippen LogP contribution in [-0.4, -0.2) is 21.7 Å². The van der Waals surface area contributed by atoms with Gasteiger partial charge in [0.1, 0.15) is 0 Å². The fourth-order valence-corrected chi connectivity index (χ4v) is 3.88. The van der Waals surface area contributed by atoms with Crippen LogP contribution < -0.4 is 10.6 Å². The number of aryl methyl sites for hydroxylation is 3. The average Bonchev–Trinajstić information content (AvgIpc) is 3.25. The lowest BCUT2D eigenvalue weighted by Crippen LogP contribution is -2.40. The van der Waals surface area contributed by atoms with Crippen LogP contribution in [0.3, 0.4) is 0 Å². The van der Waals surface area contributed by atoms with Gasteiger partial charge in [-0.3, -0.25) is 14.8 Å². The molecule has 5 nitrogen and oxygen atoms in total. The molecule has 2 N–H and O–H groups in total. The van der Waals surface area contributed by atoms with E-state index in [9.17, 15) is 4.79 Å². The summed E-state index contributed by atoms with van der Waals surface area (Å²) in [5.41, 5.74) is 4.93. The van der Waals surface area contributed by atoms with E-state index in [0.717, 1.165) is 22.6 Å². The molecule has 0 aliphatic carbocycles. The van der Waals surface area contributed by atoms with Gasteiger partial charge in [0.2, 0.25) is 5.91 Å². The molecule has 0 aliphatic heterocycles. The van der Waals surface area contributed by atoms with Crippen molar-refractivity contribution in [2.24, 2.45) is 7.05 Å². The van der Waals surface area contributed by atoms with Crippen LogP contribution in [0.25, 0.3) is 0 Å². The van der Waals surface area contributed by atoms with E-state index < -0.39 is 0 Å². The highest BCUT2D eigenvalue weighted by atomic mass is 32.1. The molecule has 0 spiro atoms. The Morgan fingerprint density at radius 1 is 1.15 bits per heavy atom. The second-order valence-electron chi connectivity index (χ2n) is 6.91. The molecule has 2 heterocycles. The van der Waals surface area contributed by atoms with Crippen molar-refractivity contribution >= 4 is 22.9 Å². The number of thiophene rings is 1. The van der Waals surface area contributed by atoms with Gasteiger partial charge in [-0.05, 0) is 44.7 Å². The molecule has 0 unspecified atom stereocenters. The Morgan fingerprint density at radius 2 is 1.85 bits per heavy atom. The molecule has 0 saturated carbocycles. The van der Waals surface area contributed by atoms with E-state index in [0.29, 0.717) is 0 Å². The number of carbonyl (C=O) groups is 1. The van der Waals surface area contributed by atoms with Crippen LogP contribution in [0.15, 0.2) is 41.8 Å². The van der Waals surface area contributed by atoms with Crippen LogP contribution in [0.2, 0.25) is 0 Å². The molecular weight excluding hydrogens is 356 g/mol. The largest absolute Gasteiger partial charge is 0.322 e. The van der Waals surface area contributed by atoms with Gasteiger partial charge in [-0.2, -0.15) is 5.10 Å². The Hall–Kier alpha value is -2.44. The summed E-state index contributed by atoms with van der Waals surface area (Å²) in [6.45, 7) is 7.83. The molecule has 1 aromatic carbocycles. The molecule has 2 atom stereocenters. The standard InChI is InChI=1S/C21H26N4OS/c1-13-8-10-17(11-9-13)20(18-7-6-12-27-18)22-15(3)21(26)23-19-14(2)24-25(5)16(19)4/h6-12,15,20,22H,1-5H3,(H,23,26)/t15-,20-/m1/s1. The van der Waals surface area contributed by atoms with Crippen molar-refractivity contribution in [2.45, 2.75) is 39.8 Å². The maximum Gasteiger partial charge on any atom is 0.241 e. The predicted octanol–water partition coefficient (Wildman–Crippen LogP) is 4.11. The molecule has 0 saturated heterocycles. The minimum atomic E-state index is -0.364. The van der Waals surface area contributed by atoms with Crippen molar-refractivity contribution in [2.75, 3.05) is 5.32 Å². The highest BCUT2D eigenvalue weighted by Gasteiger charge is 2.23. The number of hydrogen-bond donors (Lipinski definition) is 2. The molecule has 0 aliphatic rings. The third kappa shape index (κ3) is 4.28. The smallest absolute Gasteiger partial charge is 0.241 e. The molecule has 1 amide bonds. The number of nitrogens with one attached hydrogen (secondary N) is 2. The molecule has 27 heavy (non-hydrogen) atoms. The molecule has 3 rings (SSSR count). The van der Waals surface area contributed by atoms with Gasteiger partial charge in [0.15, 0.2) is 0 Å². The summed E-state index contributed by atoms with van der Waals surface area (Å²) < 4.78 is 1.78. The lowest BCUT2D eigenvalue weighted by molar-refractivity contribution is -0.117. The van der Waals surface area contributed by atoms with Gasteiger partial charge in [0, 0.05) is 11.9 Å². The maximum absolute atomic E-state index is 12.8. The van der Waals surface area contributed by atoms with Crippen molar-refractivity contribution in [3.63, 3.8) is 0 Å². The van der Waals surface area contributed by atoms with Crippen LogP contribution in [0.5, 0.6) is 0 Å². The molecule has 6 heteroatoms. The second-order valence-corrected chi connectivity index (χ2v) is 7.89. The third-order valence-electron chi connectivity index (χ3n) is 4.81. The first-order valence-corrected chi connectivity index (χ1v) is 9.92. The summed E-state index contributed by atoms with van der Waals surface area (Å²) in [6, 6.07) is 12.2. The fraction of sp³-hybridized carbons (Fsp3) is 0.333. The first-order chi connectivity index (χ1) is 12.9. The monoisotopic (exact) mass is 382 g/mol. The first kappa shape index (κ1) is 19.3. The van der Waals surface area contributed by atoms with E-state index in [-0.39, 0.29) is 18.0 Å². The van der Waals surface area contributed by atoms with Crippen LogP contribution in [0.4, 0.5) is 5.69 Å². The zero-order valence-corrected chi connectivity index (χ0v) is 17.2. The van der Waals surface area contributed by atoms with E-state index in [1.165, 1.54) is 10.4 Å². The summed E-state index contributed by atoms with van der Waals surface area (Å²) in [4.78, 5) is 14.0. The zero-order chi connectivity index (χ0) is 19.6. The van der Waals surface area contributed by atoms with Crippen molar-refractivity contribution in [3.8, 4) is 0 Å². The number of benzene rings is 1. The SMILES string of the molecule is Cc1ccc([C@@H](N[C@H](C)C(=O)Nc2c(C)nn(C)c2C)c2cccs2)cc1. The van der Waals surface area contributed by atoms with Crippen molar-refractivity contribution in [3.05, 3.63) is 69.2 Å². The molecule has 3 aromatic rings. The molecule has 2 aromatic heterocycles. The Bertz CT molecular complexity index is 913. The summed E-state index contributed by atoms with van der Waals surface area (Å²) >= 11 is 1.69. The van der Waals surface area contributed by atoms with E-state index >= 15 is 0 Å². The molecule has 142 valence electrons. The first-order valence-electron chi connectivity index (χ1n) is 9.04. The van der Waals surface area contributed by atoms with Crippen LogP contribution >= 0.6 is 11.3 Å². The lowest BCUT2D eigenvalue weighted by Gasteiger charge is -2.23.